The molecule has 0 fully saturated rings. The number of esters is 1. The molecule has 9 heteroatoms. The lowest BCUT2D eigenvalue weighted by Gasteiger charge is -2.19. The van der Waals surface area contributed by atoms with Crippen LogP contribution in [0.4, 0.5) is 0 Å². The van der Waals surface area contributed by atoms with Crippen molar-refractivity contribution < 1.29 is 14.4 Å². The standard InChI is InChI=1S/C33H28Cl2N2O3S2/c1-21-30(33(41-25-16-12-23(34)13-17-25)42-26-18-14-24(35)15-19-26)28-10-6-7-11-29(28)37(21)20-22-8-4-5-9-27(22)31(36-40-3)32(38)39-2/h4-19,33H,20H2,1-3H3/b36-31+. The number of oxime groups is 1. The summed E-state index contributed by atoms with van der Waals surface area (Å²) in [7, 11) is 2.75. The topological polar surface area (TPSA) is 52.8 Å². The fraction of sp³-hybridized carbons (Fsp3) is 0.152. The number of nitrogens with zero attached hydrogens (tertiary/aromatic N) is 2. The van der Waals surface area contributed by atoms with E-state index in [0.717, 1.165) is 26.6 Å². The first-order chi connectivity index (χ1) is 20.4. The van der Waals surface area contributed by atoms with Gasteiger partial charge in [-0.15, -0.1) is 23.5 Å². The van der Waals surface area contributed by atoms with Crippen molar-refractivity contribution in [1.29, 1.82) is 0 Å². The van der Waals surface area contributed by atoms with E-state index in [2.05, 4.69) is 59.1 Å². The highest BCUT2D eigenvalue weighted by molar-refractivity contribution is 8.16. The van der Waals surface area contributed by atoms with Crippen LogP contribution >= 0.6 is 46.7 Å². The Morgan fingerprint density at radius 3 is 2.00 bits per heavy atom. The number of hydrogen-bond acceptors (Lipinski definition) is 6. The number of ether oxygens (including phenoxy) is 1. The van der Waals surface area contributed by atoms with Crippen molar-refractivity contribution in [2.24, 2.45) is 5.16 Å². The number of aromatic nitrogens is 1. The number of carbonyl (C=O) groups excluding carboxylic acids is 1. The number of carbonyl (C=O) groups is 1. The van der Waals surface area contributed by atoms with Crippen molar-refractivity contribution in [3.05, 3.63) is 129 Å². The zero-order chi connectivity index (χ0) is 29.6. The second kappa shape index (κ2) is 13.7. The fourth-order valence-electron chi connectivity index (χ4n) is 4.82. The first kappa shape index (κ1) is 30.1. The molecule has 0 aliphatic rings. The highest BCUT2D eigenvalue weighted by atomic mass is 35.5. The van der Waals surface area contributed by atoms with Crippen molar-refractivity contribution in [2.75, 3.05) is 14.2 Å². The largest absolute Gasteiger partial charge is 0.464 e. The summed E-state index contributed by atoms with van der Waals surface area (Å²) in [5.41, 5.74) is 5.15. The van der Waals surface area contributed by atoms with Crippen LogP contribution in [0.3, 0.4) is 0 Å². The van der Waals surface area contributed by atoms with Gasteiger partial charge in [-0.25, -0.2) is 4.79 Å². The molecule has 42 heavy (non-hydrogen) atoms. The Kier molecular flexibility index (Phi) is 9.85. The molecule has 0 saturated heterocycles. The molecule has 5 aromatic rings. The summed E-state index contributed by atoms with van der Waals surface area (Å²) in [6.07, 6.45) is 0. The lowest BCUT2D eigenvalue weighted by Crippen LogP contribution is -2.20. The number of hydrogen-bond donors (Lipinski definition) is 0. The Labute approximate surface area is 263 Å². The molecule has 0 spiro atoms. The molecule has 0 atom stereocenters. The zero-order valence-electron chi connectivity index (χ0n) is 23.2. The van der Waals surface area contributed by atoms with Crippen molar-refractivity contribution in [3.63, 3.8) is 0 Å². The molecular formula is C33H28Cl2N2O3S2. The molecule has 0 radical (unpaired) electrons. The Balaban J connectivity index is 1.63. The Bertz CT molecular complexity index is 1690. The number of rotatable bonds is 10. The number of methoxy groups -OCH3 is 1. The molecule has 1 heterocycles. The van der Waals surface area contributed by atoms with Crippen LogP contribution < -0.4 is 0 Å². The summed E-state index contributed by atoms with van der Waals surface area (Å²) in [4.78, 5) is 19.8. The molecule has 0 saturated carbocycles. The summed E-state index contributed by atoms with van der Waals surface area (Å²) >= 11 is 16.0. The van der Waals surface area contributed by atoms with Gasteiger partial charge in [-0.2, -0.15) is 0 Å². The maximum Gasteiger partial charge on any atom is 0.360 e. The van der Waals surface area contributed by atoms with Crippen LogP contribution in [0.25, 0.3) is 10.9 Å². The predicted molar refractivity (Wildman–Crippen MR) is 175 cm³/mol. The van der Waals surface area contributed by atoms with Crippen molar-refractivity contribution in [2.45, 2.75) is 27.8 Å². The highest BCUT2D eigenvalue weighted by Crippen LogP contribution is 2.51. The minimum absolute atomic E-state index is 0.0226. The average molecular weight is 636 g/mol. The molecule has 0 aliphatic heterocycles. The van der Waals surface area contributed by atoms with E-state index in [1.165, 1.54) is 25.2 Å². The molecule has 0 bridgehead atoms. The lowest BCUT2D eigenvalue weighted by atomic mass is 10.0. The van der Waals surface area contributed by atoms with E-state index < -0.39 is 5.97 Å². The minimum atomic E-state index is -0.558. The molecule has 0 unspecified atom stereocenters. The molecule has 0 amide bonds. The van der Waals surface area contributed by atoms with Crippen LogP contribution in [0.1, 0.15) is 27.0 Å². The zero-order valence-corrected chi connectivity index (χ0v) is 26.4. The smallest absolute Gasteiger partial charge is 0.360 e. The summed E-state index contributed by atoms with van der Waals surface area (Å²) < 4.78 is 7.32. The number of benzene rings is 4. The van der Waals surface area contributed by atoms with Gasteiger partial charge in [0.05, 0.1) is 11.7 Å². The quantitative estimate of drug-likeness (QED) is 0.0503. The molecule has 0 aliphatic carbocycles. The van der Waals surface area contributed by atoms with Crippen molar-refractivity contribution >= 4 is 69.3 Å². The van der Waals surface area contributed by atoms with E-state index in [1.54, 1.807) is 23.5 Å². The third kappa shape index (κ3) is 6.65. The van der Waals surface area contributed by atoms with Gasteiger partial charge in [0.1, 0.15) is 7.11 Å². The monoisotopic (exact) mass is 634 g/mol. The van der Waals surface area contributed by atoms with E-state index in [4.69, 9.17) is 32.8 Å². The Hall–Kier alpha value is -3.36. The van der Waals surface area contributed by atoms with E-state index in [-0.39, 0.29) is 10.3 Å². The summed E-state index contributed by atoms with van der Waals surface area (Å²) in [5.74, 6) is -0.558. The Morgan fingerprint density at radius 2 is 1.40 bits per heavy atom. The van der Waals surface area contributed by atoms with Gasteiger partial charge < -0.3 is 14.1 Å². The van der Waals surface area contributed by atoms with E-state index in [1.807, 2.05) is 54.6 Å². The van der Waals surface area contributed by atoms with Crippen LogP contribution in [0, 0.1) is 6.92 Å². The van der Waals surface area contributed by atoms with Crippen molar-refractivity contribution in [3.8, 4) is 0 Å². The molecule has 5 rings (SSSR count). The first-order valence-corrected chi connectivity index (χ1v) is 15.6. The fourth-order valence-corrected chi connectivity index (χ4v) is 7.84. The van der Waals surface area contributed by atoms with Gasteiger partial charge in [0, 0.05) is 54.1 Å². The molecule has 0 N–H and O–H groups in total. The second-order valence-corrected chi connectivity index (χ2v) is 12.9. The normalized spacial score (nSPS) is 11.7. The van der Waals surface area contributed by atoms with Crippen LogP contribution in [0.15, 0.2) is 112 Å². The van der Waals surface area contributed by atoms with Crippen LogP contribution in [0.2, 0.25) is 10.0 Å². The van der Waals surface area contributed by atoms with Crippen LogP contribution in [-0.4, -0.2) is 30.5 Å². The van der Waals surface area contributed by atoms with Crippen LogP contribution in [-0.2, 0) is 20.9 Å². The predicted octanol–water partition coefficient (Wildman–Crippen LogP) is 9.41. The number of thioether (sulfide) groups is 2. The van der Waals surface area contributed by atoms with Gasteiger partial charge in [0.25, 0.3) is 0 Å². The van der Waals surface area contributed by atoms with Gasteiger partial charge in [0.2, 0.25) is 0 Å². The third-order valence-electron chi connectivity index (χ3n) is 6.79. The van der Waals surface area contributed by atoms with Gasteiger partial charge in [0.15, 0.2) is 5.71 Å². The molecule has 214 valence electrons. The molecule has 1 aromatic heterocycles. The van der Waals surface area contributed by atoms with E-state index in [9.17, 15) is 4.79 Å². The van der Waals surface area contributed by atoms with Gasteiger partial charge in [-0.3, -0.25) is 0 Å². The maximum absolute atomic E-state index is 12.6. The van der Waals surface area contributed by atoms with Gasteiger partial charge in [-0.1, -0.05) is 70.8 Å². The van der Waals surface area contributed by atoms with E-state index in [0.29, 0.717) is 22.2 Å². The third-order valence-corrected chi connectivity index (χ3v) is 9.86. The van der Waals surface area contributed by atoms with Gasteiger partial charge in [-0.05, 0) is 67.1 Å². The number of fused-ring (bicyclic) bond motifs is 1. The summed E-state index contributed by atoms with van der Waals surface area (Å²) in [5, 5.41) is 6.57. The Morgan fingerprint density at radius 1 is 0.833 bits per heavy atom. The highest BCUT2D eigenvalue weighted by Gasteiger charge is 2.26. The first-order valence-electron chi connectivity index (χ1n) is 13.1. The SMILES string of the molecule is CO/N=C(/C(=O)OC)c1ccccc1Cn1c(C)c(C(Sc2ccc(Cl)cc2)Sc2ccc(Cl)cc2)c2ccccc21. The second-order valence-electron chi connectivity index (χ2n) is 9.35. The number of halogens is 2. The maximum atomic E-state index is 12.6. The average Bonchev–Trinajstić information content (AvgIpc) is 3.28. The van der Waals surface area contributed by atoms with E-state index >= 15 is 0 Å². The van der Waals surface area contributed by atoms with Gasteiger partial charge >= 0.3 is 5.97 Å². The molecule has 4 aromatic carbocycles. The van der Waals surface area contributed by atoms with Crippen molar-refractivity contribution in [1.82, 2.24) is 4.57 Å². The number of para-hydroxylation sites is 1. The lowest BCUT2D eigenvalue weighted by molar-refractivity contribution is -0.132. The molecule has 5 nitrogen and oxygen atoms in total. The van der Waals surface area contributed by atoms with Crippen LogP contribution in [0.5, 0.6) is 0 Å². The summed E-state index contributed by atoms with van der Waals surface area (Å²) in [6.45, 7) is 2.67. The molecular weight excluding hydrogens is 607 g/mol. The minimum Gasteiger partial charge on any atom is -0.464 e. The summed E-state index contributed by atoms with van der Waals surface area (Å²) in [6, 6.07) is 32.0.